The lowest BCUT2D eigenvalue weighted by Gasteiger charge is -2.42. The molecular weight excluding hydrogens is 178 g/mol. The largest absolute Gasteiger partial charge is 0.384 e. The van der Waals surface area contributed by atoms with E-state index in [4.69, 9.17) is 4.74 Å². The Bertz CT molecular complexity index is 188. The van der Waals surface area contributed by atoms with Gasteiger partial charge in [-0.25, -0.2) is 0 Å². The molecule has 14 heavy (non-hydrogen) atoms. The van der Waals surface area contributed by atoms with E-state index in [9.17, 15) is 5.11 Å². The third kappa shape index (κ3) is 2.10. The van der Waals surface area contributed by atoms with Crippen LogP contribution in [-0.4, -0.2) is 43.1 Å². The molecule has 2 rings (SSSR count). The highest BCUT2D eigenvalue weighted by atomic mass is 16.5. The average molecular weight is 200 g/mol. The van der Waals surface area contributed by atoms with E-state index in [-0.39, 0.29) is 0 Å². The molecule has 0 aromatic carbocycles. The average Bonchev–Trinajstić information content (AvgIpc) is 2.18. The Kier molecular flexibility index (Phi) is 3.10. The van der Waals surface area contributed by atoms with Crippen molar-refractivity contribution >= 4 is 0 Å². The first-order chi connectivity index (χ1) is 6.70. The van der Waals surface area contributed by atoms with Gasteiger partial charge in [-0.1, -0.05) is 0 Å². The summed E-state index contributed by atoms with van der Waals surface area (Å²) < 4.78 is 5.49. The van der Waals surface area contributed by atoms with Gasteiger partial charge >= 0.3 is 0 Å². The highest BCUT2D eigenvalue weighted by Gasteiger charge is 2.42. The SMILES string of the molecule is C[C@]1(O)CCOC[C@H]1[NH+]1CCCCC1. The molecule has 0 spiro atoms. The van der Waals surface area contributed by atoms with Gasteiger partial charge in [0, 0.05) is 13.0 Å². The third-order valence-corrected chi connectivity index (χ3v) is 3.78. The molecule has 0 aliphatic carbocycles. The number of quaternary nitrogens is 1. The Morgan fingerprint density at radius 2 is 2.00 bits per heavy atom. The van der Waals surface area contributed by atoms with Gasteiger partial charge in [-0.15, -0.1) is 0 Å². The first-order valence-electron chi connectivity index (χ1n) is 5.85. The van der Waals surface area contributed by atoms with Crippen LogP contribution < -0.4 is 4.90 Å². The van der Waals surface area contributed by atoms with Crippen molar-refractivity contribution in [2.45, 2.75) is 44.2 Å². The zero-order valence-corrected chi connectivity index (χ0v) is 9.09. The Balaban J connectivity index is 1.99. The summed E-state index contributed by atoms with van der Waals surface area (Å²) in [5, 5.41) is 10.3. The molecule has 0 aromatic heterocycles. The molecule has 2 heterocycles. The van der Waals surface area contributed by atoms with Gasteiger partial charge in [-0.05, 0) is 26.2 Å². The quantitative estimate of drug-likeness (QED) is 0.604. The van der Waals surface area contributed by atoms with Crippen molar-refractivity contribution in [3.63, 3.8) is 0 Å². The van der Waals surface area contributed by atoms with Crippen molar-refractivity contribution in [2.75, 3.05) is 26.3 Å². The predicted octanol–water partition coefficient (Wildman–Crippen LogP) is -0.405. The molecule has 2 N–H and O–H groups in total. The number of likely N-dealkylation sites (tertiary alicyclic amines) is 1. The molecule has 82 valence electrons. The molecule has 2 fully saturated rings. The number of aliphatic hydroxyl groups is 1. The highest BCUT2D eigenvalue weighted by molar-refractivity contribution is 4.85. The number of hydrogen-bond acceptors (Lipinski definition) is 2. The lowest BCUT2D eigenvalue weighted by molar-refractivity contribution is -0.938. The fourth-order valence-electron chi connectivity index (χ4n) is 2.75. The predicted molar refractivity (Wildman–Crippen MR) is 54.4 cm³/mol. The third-order valence-electron chi connectivity index (χ3n) is 3.78. The molecule has 0 bridgehead atoms. The molecule has 0 aromatic rings. The van der Waals surface area contributed by atoms with Crippen molar-refractivity contribution in [3.05, 3.63) is 0 Å². The Morgan fingerprint density at radius 3 is 2.64 bits per heavy atom. The smallest absolute Gasteiger partial charge is 0.140 e. The molecule has 2 saturated heterocycles. The van der Waals surface area contributed by atoms with Gasteiger partial charge in [0.1, 0.15) is 18.2 Å². The van der Waals surface area contributed by atoms with Crippen LogP contribution in [0.4, 0.5) is 0 Å². The van der Waals surface area contributed by atoms with Crippen molar-refractivity contribution in [2.24, 2.45) is 0 Å². The fraction of sp³-hybridized carbons (Fsp3) is 1.00. The second-order valence-corrected chi connectivity index (χ2v) is 4.95. The van der Waals surface area contributed by atoms with Crippen molar-refractivity contribution in [3.8, 4) is 0 Å². The van der Waals surface area contributed by atoms with Gasteiger partial charge in [-0.3, -0.25) is 0 Å². The topological polar surface area (TPSA) is 33.9 Å². The molecule has 2 aliphatic heterocycles. The van der Waals surface area contributed by atoms with E-state index in [1.54, 1.807) is 4.90 Å². The summed E-state index contributed by atoms with van der Waals surface area (Å²) in [6, 6.07) is 0.302. The summed E-state index contributed by atoms with van der Waals surface area (Å²) in [6.07, 6.45) is 4.77. The van der Waals surface area contributed by atoms with E-state index in [0.717, 1.165) is 19.6 Å². The molecule has 0 saturated carbocycles. The van der Waals surface area contributed by atoms with Crippen LogP contribution in [0.2, 0.25) is 0 Å². The summed E-state index contributed by atoms with van der Waals surface area (Å²) in [5.41, 5.74) is -0.509. The molecule has 2 atom stereocenters. The van der Waals surface area contributed by atoms with Gasteiger partial charge in [0.05, 0.1) is 13.1 Å². The van der Waals surface area contributed by atoms with E-state index in [1.807, 2.05) is 6.92 Å². The van der Waals surface area contributed by atoms with Gasteiger partial charge in [0.15, 0.2) is 0 Å². The van der Waals surface area contributed by atoms with Gasteiger partial charge in [-0.2, -0.15) is 0 Å². The minimum absolute atomic E-state index is 0.302. The Labute approximate surface area is 86.0 Å². The van der Waals surface area contributed by atoms with Crippen LogP contribution in [-0.2, 0) is 4.74 Å². The monoisotopic (exact) mass is 200 g/mol. The second kappa shape index (κ2) is 4.17. The van der Waals surface area contributed by atoms with E-state index >= 15 is 0 Å². The fourth-order valence-corrected chi connectivity index (χ4v) is 2.75. The van der Waals surface area contributed by atoms with Crippen LogP contribution in [0.25, 0.3) is 0 Å². The molecule has 0 radical (unpaired) electrons. The summed E-state index contributed by atoms with van der Waals surface area (Å²) in [5.74, 6) is 0. The van der Waals surface area contributed by atoms with E-state index in [0.29, 0.717) is 6.04 Å². The molecule has 0 unspecified atom stereocenters. The van der Waals surface area contributed by atoms with Gasteiger partial charge in [0.2, 0.25) is 0 Å². The van der Waals surface area contributed by atoms with Gasteiger partial charge < -0.3 is 14.7 Å². The summed E-state index contributed by atoms with van der Waals surface area (Å²) in [6.45, 7) is 5.86. The molecule has 0 amide bonds. The number of hydrogen-bond donors (Lipinski definition) is 2. The highest BCUT2D eigenvalue weighted by Crippen LogP contribution is 2.18. The number of nitrogens with one attached hydrogen (secondary N) is 1. The van der Waals surface area contributed by atoms with Crippen LogP contribution in [0.1, 0.15) is 32.6 Å². The first kappa shape index (κ1) is 10.4. The maximum Gasteiger partial charge on any atom is 0.140 e. The zero-order valence-electron chi connectivity index (χ0n) is 9.09. The molecule has 2 aliphatic rings. The van der Waals surface area contributed by atoms with Crippen LogP contribution >= 0.6 is 0 Å². The lowest BCUT2D eigenvalue weighted by Crippen LogP contribution is -3.19. The van der Waals surface area contributed by atoms with Gasteiger partial charge in [0.25, 0.3) is 0 Å². The maximum atomic E-state index is 10.3. The van der Waals surface area contributed by atoms with E-state index in [2.05, 4.69) is 0 Å². The number of piperidine rings is 1. The van der Waals surface area contributed by atoms with E-state index in [1.165, 1.54) is 32.4 Å². The first-order valence-corrected chi connectivity index (χ1v) is 5.85. The molecule has 3 nitrogen and oxygen atoms in total. The van der Waals surface area contributed by atoms with Crippen molar-refractivity contribution in [1.82, 2.24) is 0 Å². The normalized spacial score (nSPS) is 41.1. The lowest BCUT2D eigenvalue weighted by atomic mass is 9.89. The maximum absolute atomic E-state index is 10.3. The Morgan fingerprint density at radius 1 is 1.29 bits per heavy atom. The van der Waals surface area contributed by atoms with Crippen LogP contribution in [0.3, 0.4) is 0 Å². The van der Waals surface area contributed by atoms with Crippen molar-refractivity contribution < 1.29 is 14.7 Å². The minimum atomic E-state index is -0.509. The number of ether oxygens (including phenoxy) is 1. The van der Waals surface area contributed by atoms with E-state index < -0.39 is 5.60 Å². The second-order valence-electron chi connectivity index (χ2n) is 4.95. The Hall–Kier alpha value is -0.120. The zero-order chi connectivity index (χ0) is 10.0. The molecular formula is C11H22NO2+. The standard InChI is InChI=1S/C11H21NO2/c1-11(13)5-8-14-9-10(11)12-6-3-2-4-7-12/h10,13H,2-9H2,1H3/p+1/t10-,11+/m1/s1. The summed E-state index contributed by atoms with van der Waals surface area (Å²) >= 11 is 0. The summed E-state index contributed by atoms with van der Waals surface area (Å²) in [4.78, 5) is 1.56. The molecule has 3 heteroatoms. The summed E-state index contributed by atoms with van der Waals surface area (Å²) in [7, 11) is 0. The van der Waals surface area contributed by atoms with Crippen LogP contribution in [0.15, 0.2) is 0 Å². The van der Waals surface area contributed by atoms with Crippen LogP contribution in [0.5, 0.6) is 0 Å². The van der Waals surface area contributed by atoms with Crippen molar-refractivity contribution in [1.29, 1.82) is 0 Å². The minimum Gasteiger partial charge on any atom is -0.384 e. The van der Waals surface area contributed by atoms with Crippen LogP contribution in [0, 0.1) is 0 Å². The number of rotatable bonds is 1.